The molecule has 0 saturated carbocycles. The van der Waals surface area contributed by atoms with Crippen molar-refractivity contribution in [1.29, 1.82) is 0 Å². The first kappa shape index (κ1) is 23.5. The van der Waals surface area contributed by atoms with Crippen LogP contribution in [0.3, 0.4) is 0 Å². The zero-order valence-corrected chi connectivity index (χ0v) is 19.5. The third-order valence-corrected chi connectivity index (χ3v) is 5.93. The van der Waals surface area contributed by atoms with Crippen LogP contribution in [0.2, 0.25) is 0 Å². The fourth-order valence-electron chi connectivity index (χ4n) is 4.01. The van der Waals surface area contributed by atoms with E-state index in [1.807, 2.05) is 20.1 Å². The van der Waals surface area contributed by atoms with Gasteiger partial charge in [0.25, 0.3) is 0 Å². The number of aryl methyl sites for hydroxylation is 1. The average molecular weight is 444 g/mol. The van der Waals surface area contributed by atoms with E-state index >= 15 is 0 Å². The van der Waals surface area contributed by atoms with Crippen LogP contribution in [0, 0.1) is 5.92 Å². The van der Waals surface area contributed by atoms with Crippen molar-refractivity contribution in [2.24, 2.45) is 5.92 Å². The van der Waals surface area contributed by atoms with E-state index in [1.165, 1.54) is 29.6 Å². The molecule has 1 N–H and O–H groups in total. The molecule has 2 unspecified atom stereocenters. The Labute approximate surface area is 190 Å². The zero-order chi connectivity index (χ0) is 22.1. The van der Waals surface area contributed by atoms with Crippen molar-refractivity contribution in [1.82, 2.24) is 0 Å². The van der Waals surface area contributed by atoms with Crippen LogP contribution in [0.5, 0.6) is 5.75 Å². The standard InChI is InChI=1S/C25H33NO4S/c1-4-28-24(25(27)29-5-2)15-18-7-11-22(12-8-18)26-17-19-6-9-21-16-23(30-31-3)13-10-20(21)14-19/h7-8,10-13,16,19,24,26H,4-6,9,14-15,17H2,1-3H3. The molecule has 0 aromatic heterocycles. The zero-order valence-electron chi connectivity index (χ0n) is 18.7. The highest BCUT2D eigenvalue weighted by molar-refractivity contribution is 7.94. The van der Waals surface area contributed by atoms with Crippen molar-refractivity contribution in [3.8, 4) is 5.75 Å². The predicted molar refractivity (Wildman–Crippen MR) is 127 cm³/mol. The summed E-state index contributed by atoms with van der Waals surface area (Å²) < 4.78 is 16.2. The molecular weight excluding hydrogens is 410 g/mol. The van der Waals surface area contributed by atoms with Gasteiger partial charge in [0.15, 0.2) is 6.10 Å². The van der Waals surface area contributed by atoms with Crippen LogP contribution in [0.15, 0.2) is 42.5 Å². The lowest BCUT2D eigenvalue weighted by atomic mass is 9.84. The molecule has 31 heavy (non-hydrogen) atoms. The van der Waals surface area contributed by atoms with Crippen LogP contribution in [0.25, 0.3) is 0 Å². The lowest BCUT2D eigenvalue weighted by Gasteiger charge is -2.25. The van der Waals surface area contributed by atoms with Gasteiger partial charge >= 0.3 is 5.97 Å². The molecule has 1 aliphatic carbocycles. The maximum Gasteiger partial charge on any atom is 0.335 e. The van der Waals surface area contributed by atoms with Gasteiger partial charge in [-0.05, 0) is 80.0 Å². The number of hydrogen-bond acceptors (Lipinski definition) is 6. The van der Waals surface area contributed by atoms with Gasteiger partial charge in [-0.3, -0.25) is 0 Å². The Morgan fingerprint density at radius 3 is 2.65 bits per heavy atom. The Morgan fingerprint density at radius 2 is 1.94 bits per heavy atom. The molecule has 2 atom stereocenters. The average Bonchev–Trinajstić information content (AvgIpc) is 2.78. The largest absolute Gasteiger partial charge is 0.464 e. The van der Waals surface area contributed by atoms with Gasteiger partial charge in [-0.25, -0.2) is 4.79 Å². The quantitative estimate of drug-likeness (QED) is 0.386. The molecule has 0 saturated heterocycles. The summed E-state index contributed by atoms with van der Waals surface area (Å²) in [7, 11) is 0. The number of ether oxygens (including phenoxy) is 2. The van der Waals surface area contributed by atoms with E-state index in [-0.39, 0.29) is 5.97 Å². The number of carbonyl (C=O) groups excluding carboxylic acids is 1. The van der Waals surface area contributed by atoms with Crippen molar-refractivity contribution in [3.05, 3.63) is 59.2 Å². The Balaban J connectivity index is 1.50. The first-order valence-electron chi connectivity index (χ1n) is 11.1. The number of benzene rings is 2. The normalized spacial score (nSPS) is 16.3. The molecule has 6 heteroatoms. The van der Waals surface area contributed by atoms with E-state index in [1.54, 1.807) is 0 Å². The molecule has 168 valence electrons. The van der Waals surface area contributed by atoms with Gasteiger partial charge in [0.05, 0.1) is 18.6 Å². The van der Waals surface area contributed by atoms with Crippen molar-refractivity contribution < 1.29 is 18.5 Å². The van der Waals surface area contributed by atoms with Crippen molar-refractivity contribution >= 4 is 23.7 Å². The summed E-state index contributed by atoms with van der Waals surface area (Å²) in [5, 5.41) is 3.57. The number of fused-ring (bicyclic) bond motifs is 1. The molecule has 2 aromatic carbocycles. The SMILES string of the molecule is CCOC(=O)C(Cc1ccc(NCC2CCc3cc(OSC)ccc3C2)cc1)OCC. The number of hydrogen-bond donors (Lipinski definition) is 1. The molecule has 0 amide bonds. The van der Waals surface area contributed by atoms with Crippen molar-refractivity contribution in [2.75, 3.05) is 31.3 Å². The minimum Gasteiger partial charge on any atom is -0.464 e. The van der Waals surface area contributed by atoms with Gasteiger partial charge in [-0.1, -0.05) is 18.2 Å². The summed E-state index contributed by atoms with van der Waals surface area (Å²) in [4.78, 5) is 12.1. The van der Waals surface area contributed by atoms with E-state index in [2.05, 4.69) is 47.8 Å². The van der Waals surface area contributed by atoms with Crippen LogP contribution in [-0.4, -0.2) is 38.1 Å². The van der Waals surface area contributed by atoms with Crippen molar-refractivity contribution in [2.45, 2.75) is 45.6 Å². The topological polar surface area (TPSA) is 56.8 Å². The third kappa shape index (κ3) is 6.91. The molecular formula is C25H33NO4S. The second-order valence-corrected chi connectivity index (χ2v) is 8.27. The molecule has 0 radical (unpaired) electrons. The fraction of sp³-hybridized carbons (Fsp3) is 0.480. The van der Waals surface area contributed by atoms with Crippen LogP contribution in [-0.2, 0) is 33.5 Å². The van der Waals surface area contributed by atoms with Gasteiger partial charge in [0.1, 0.15) is 5.75 Å². The van der Waals surface area contributed by atoms with E-state index in [0.717, 1.165) is 36.4 Å². The van der Waals surface area contributed by atoms with Gasteiger partial charge in [-0.15, -0.1) is 0 Å². The number of nitrogens with one attached hydrogen (secondary N) is 1. The summed E-state index contributed by atoms with van der Waals surface area (Å²) in [6.07, 6.45) is 5.28. The van der Waals surface area contributed by atoms with Crippen LogP contribution >= 0.6 is 12.0 Å². The second kappa shape index (κ2) is 12.0. The highest BCUT2D eigenvalue weighted by Crippen LogP contribution is 2.29. The number of esters is 1. The summed E-state index contributed by atoms with van der Waals surface area (Å²) >= 11 is 1.38. The van der Waals surface area contributed by atoms with Crippen LogP contribution in [0.1, 0.15) is 37.0 Å². The Morgan fingerprint density at radius 1 is 1.13 bits per heavy atom. The molecule has 2 aromatic rings. The predicted octanol–water partition coefficient (Wildman–Crippen LogP) is 5.07. The summed E-state index contributed by atoms with van der Waals surface area (Å²) in [6, 6.07) is 14.7. The van der Waals surface area contributed by atoms with Gasteiger partial charge in [0, 0.05) is 31.5 Å². The van der Waals surface area contributed by atoms with Crippen LogP contribution in [0.4, 0.5) is 5.69 Å². The number of anilines is 1. The van der Waals surface area contributed by atoms with E-state index < -0.39 is 6.10 Å². The molecule has 0 aliphatic heterocycles. The van der Waals surface area contributed by atoms with E-state index in [9.17, 15) is 4.79 Å². The maximum atomic E-state index is 12.1. The first-order valence-corrected chi connectivity index (χ1v) is 12.2. The van der Waals surface area contributed by atoms with Gasteiger partial charge in [0.2, 0.25) is 0 Å². The summed E-state index contributed by atoms with van der Waals surface area (Å²) in [5.74, 6) is 1.26. The first-order chi connectivity index (χ1) is 15.1. The number of rotatable bonds is 11. The molecule has 0 spiro atoms. The monoisotopic (exact) mass is 443 g/mol. The summed E-state index contributed by atoms with van der Waals surface area (Å²) in [5.41, 5.74) is 5.01. The molecule has 0 bridgehead atoms. The second-order valence-electron chi connectivity index (χ2n) is 7.77. The fourth-order valence-corrected chi connectivity index (χ4v) is 4.31. The third-order valence-electron chi connectivity index (χ3n) is 5.58. The minimum absolute atomic E-state index is 0.295. The van der Waals surface area contributed by atoms with Gasteiger partial charge < -0.3 is 19.0 Å². The maximum absolute atomic E-state index is 12.1. The molecule has 5 nitrogen and oxygen atoms in total. The molecule has 0 heterocycles. The lowest BCUT2D eigenvalue weighted by Crippen LogP contribution is -2.29. The Hall–Kier alpha value is -2.18. The van der Waals surface area contributed by atoms with E-state index in [0.29, 0.717) is 25.6 Å². The smallest absolute Gasteiger partial charge is 0.335 e. The highest BCUT2D eigenvalue weighted by atomic mass is 32.2. The number of carbonyl (C=O) groups is 1. The van der Waals surface area contributed by atoms with Crippen LogP contribution < -0.4 is 9.50 Å². The molecule has 1 aliphatic rings. The highest BCUT2D eigenvalue weighted by Gasteiger charge is 2.21. The summed E-state index contributed by atoms with van der Waals surface area (Å²) in [6.45, 7) is 5.50. The Kier molecular flexibility index (Phi) is 9.10. The molecule has 0 fully saturated rings. The van der Waals surface area contributed by atoms with Crippen molar-refractivity contribution in [3.63, 3.8) is 0 Å². The Bertz CT molecular complexity index is 840. The van der Waals surface area contributed by atoms with Gasteiger partial charge in [-0.2, -0.15) is 0 Å². The van der Waals surface area contributed by atoms with E-state index in [4.69, 9.17) is 13.7 Å². The molecule has 3 rings (SSSR count). The minimum atomic E-state index is -0.548. The lowest BCUT2D eigenvalue weighted by molar-refractivity contribution is -0.156.